The Morgan fingerprint density at radius 3 is 2.28 bits per heavy atom. The Kier molecular flexibility index (Phi) is 5.03. The number of amides is 1. The van der Waals surface area contributed by atoms with Crippen LogP contribution in [0.4, 0.5) is 0 Å². The van der Waals surface area contributed by atoms with Crippen molar-refractivity contribution in [1.29, 1.82) is 0 Å². The molecule has 0 heterocycles. The lowest BCUT2D eigenvalue weighted by Gasteiger charge is -2.41. The quantitative estimate of drug-likeness (QED) is 0.811. The van der Waals surface area contributed by atoms with Crippen LogP contribution in [-0.2, 0) is 11.4 Å². The number of hydrogen-bond donors (Lipinski definition) is 2. The van der Waals surface area contributed by atoms with E-state index in [9.17, 15) is 9.59 Å². The summed E-state index contributed by atoms with van der Waals surface area (Å²) in [6.07, 6.45) is 2.34. The highest BCUT2D eigenvalue weighted by Crippen LogP contribution is 2.35. The highest BCUT2D eigenvalue weighted by molar-refractivity contribution is 5.95. The largest absolute Gasteiger partial charge is 0.489 e. The molecule has 0 bridgehead atoms. The minimum Gasteiger partial charge on any atom is -0.489 e. The zero-order chi connectivity index (χ0) is 17.7. The first-order chi connectivity index (χ1) is 12.1. The van der Waals surface area contributed by atoms with Crippen molar-refractivity contribution in [3.8, 4) is 5.75 Å². The van der Waals surface area contributed by atoms with Gasteiger partial charge in [0.2, 0.25) is 0 Å². The molecular weight excluding hydrogens is 318 g/mol. The first-order valence-electron chi connectivity index (χ1n) is 8.37. The molecule has 0 radical (unpaired) electrons. The number of carbonyl (C=O) groups excluding carboxylic acids is 1. The van der Waals surface area contributed by atoms with E-state index in [1.165, 1.54) is 0 Å². The molecule has 1 amide bonds. The fourth-order valence-electron chi connectivity index (χ4n) is 3.00. The Labute approximate surface area is 146 Å². The van der Waals surface area contributed by atoms with Gasteiger partial charge in [-0.2, -0.15) is 0 Å². The van der Waals surface area contributed by atoms with E-state index in [1.807, 2.05) is 30.3 Å². The van der Waals surface area contributed by atoms with E-state index in [0.29, 0.717) is 30.8 Å². The fourth-order valence-corrected chi connectivity index (χ4v) is 3.00. The normalized spacial score (nSPS) is 15.0. The van der Waals surface area contributed by atoms with Crippen LogP contribution in [0.15, 0.2) is 54.6 Å². The van der Waals surface area contributed by atoms with Gasteiger partial charge < -0.3 is 15.2 Å². The molecule has 0 atom stereocenters. The Bertz CT molecular complexity index is 736. The summed E-state index contributed by atoms with van der Waals surface area (Å²) in [7, 11) is 0. The number of hydrogen-bond acceptors (Lipinski definition) is 3. The van der Waals surface area contributed by atoms with Gasteiger partial charge in [0.05, 0.1) is 12.0 Å². The van der Waals surface area contributed by atoms with Crippen molar-refractivity contribution in [2.24, 2.45) is 0 Å². The molecule has 0 spiro atoms. The molecule has 130 valence electrons. The smallest absolute Gasteiger partial charge is 0.305 e. The van der Waals surface area contributed by atoms with Crippen LogP contribution in [0.5, 0.6) is 5.75 Å². The van der Waals surface area contributed by atoms with E-state index < -0.39 is 11.5 Å². The summed E-state index contributed by atoms with van der Waals surface area (Å²) < 4.78 is 5.70. The molecule has 3 rings (SSSR count). The molecule has 2 aromatic rings. The minimum absolute atomic E-state index is 0.0307. The molecule has 0 aliphatic heterocycles. The van der Waals surface area contributed by atoms with Crippen molar-refractivity contribution in [2.75, 3.05) is 0 Å². The number of carbonyl (C=O) groups is 2. The number of ether oxygens (including phenoxy) is 1. The van der Waals surface area contributed by atoms with Crippen molar-refractivity contribution >= 4 is 11.9 Å². The molecule has 1 saturated carbocycles. The lowest BCUT2D eigenvalue weighted by Crippen LogP contribution is -2.54. The second kappa shape index (κ2) is 7.38. The van der Waals surface area contributed by atoms with Crippen LogP contribution in [0, 0.1) is 0 Å². The van der Waals surface area contributed by atoms with E-state index in [4.69, 9.17) is 9.84 Å². The predicted octanol–water partition coefficient (Wildman–Crippen LogP) is 3.39. The zero-order valence-corrected chi connectivity index (χ0v) is 13.9. The molecule has 1 aliphatic carbocycles. The van der Waals surface area contributed by atoms with Crippen LogP contribution in [0.3, 0.4) is 0 Å². The molecule has 0 aromatic heterocycles. The molecule has 1 aliphatic rings. The number of aliphatic carboxylic acids is 1. The number of nitrogens with one attached hydrogen (secondary N) is 1. The molecule has 2 aromatic carbocycles. The maximum atomic E-state index is 12.4. The van der Waals surface area contributed by atoms with Gasteiger partial charge in [-0.1, -0.05) is 30.3 Å². The van der Waals surface area contributed by atoms with Gasteiger partial charge in [-0.3, -0.25) is 9.59 Å². The summed E-state index contributed by atoms with van der Waals surface area (Å²) >= 11 is 0. The van der Waals surface area contributed by atoms with Gasteiger partial charge in [-0.15, -0.1) is 0 Å². The standard InChI is InChI=1S/C20H21NO4/c22-18(23)13-20(11-4-12-20)21-19(24)16-7-9-17(10-8-16)25-14-15-5-2-1-3-6-15/h1-3,5-10H,4,11-14H2,(H,21,24)(H,22,23). The molecule has 0 unspecified atom stereocenters. The van der Waals surface area contributed by atoms with E-state index in [2.05, 4.69) is 5.32 Å². The van der Waals surface area contributed by atoms with E-state index >= 15 is 0 Å². The number of carboxylic acids is 1. The first-order valence-corrected chi connectivity index (χ1v) is 8.37. The molecular formula is C20H21NO4. The number of rotatable bonds is 7. The van der Waals surface area contributed by atoms with E-state index in [0.717, 1.165) is 12.0 Å². The van der Waals surface area contributed by atoms with Crippen molar-refractivity contribution in [3.63, 3.8) is 0 Å². The average Bonchev–Trinajstić information content (AvgIpc) is 2.59. The van der Waals surface area contributed by atoms with Crippen LogP contribution in [0.25, 0.3) is 0 Å². The summed E-state index contributed by atoms with van der Waals surface area (Å²) in [6, 6.07) is 16.7. The summed E-state index contributed by atoms with van der Waals surface area (Å²) in [5, 5.41) is 11.9. The summed E-state index contributed by atoms with van der Waals surface area (Å²) in [5.41, 5.74) is 0.986. The van der Waals surface area contributed by atoms with Crippen molar-refractivity contribution in [1.82, 2.24) is 5.32 Å². The average molecular weight is 339 g/mol. The Balaban J connectivity index is 1.58. The maximum Gasteiger partial charge on any atom is 0.305 e. The fraction of sp³-hybridized carbons (Fsp3) is 0.300. The molecule has 5 heteroatoms. The van der Waals surface area contributed by atoms with Gasteiger partial charge >= 0.3 is 5.97 Å². The van der Waals surface area contributed by atoms with Gasteiger partial charge in [0.25, 0.3) is 5.91 Å². The highest BCUT2D eigenvalue weighted by Gasteiger charge is 2.40. The molecule has 25 heavy (non-hydrogen) atoms. The summed E-state index contributed by atoms with van der Waals surface area (Å²) in [6.45, 7) is 0.466. The monoisotopic (exact) mass is 339 g/mol. The van der Waals surface area contributed by atoms with E-state index in [-0.39, 0.29) is 12.3 Å². The SMILES string of the molecule is O=C(O)CC1(NC(=O)c2ccc(OCc3ccccc3)cc2)CCC1. The molecule has 0 saturated heterocycles. The number of benzene rings is 2. The zero-order valence-electron chi connectivity index (χ0n) is 13.9. The first kappa shape index (κ1) is 17.0. The van der Waals surface area contributed by atoms with Gasteiger partial charge in [-0.05, 0) is 49.1 Å². The lowest BCUT2D eigenvalue weighted by molar-refractivity contribution is -0.139. The molecule has 2 N–H and O–H groups in total. The molecule has 1 fully saturated rings. The Hall–Kier alpha value is -2.82. The van der Waals surface area contributed by atoms with Crippen molar-refractivity contribution < 1.29 is 19.4 Å². The van der Waals surface area contributed by atoms with Gasteiger partial charge in [0.1, 0.15) is 12.4 Å². The van der Waals surface area contributed by atoms with Crippen molar-refractivity contribution in [2.45, 2.75) is 37.8 Å². The third kappa shape index (κ3) is 4.38. The highest BCUT2D eigenvalue weighted by atomic mass is 16.5. The summed E-state index contributed by atoms with van der Waals surface area (Å²) in [5.74, 6) is -0.440. The predicted molar refractivity (Wildman–Crippen MR) is 93.5 cm³/mol. The third-order valence-corrected chi connectivity index (χ3v) is 4.54. The summed E-state index contributed by atoms with van der Waals surface area (Å²) in [4.78, 5) is 23.4. The Morgan fingerprint density at radius 1 is 1.04 bits per heavy atom. The topological polar surface area (TPSA) is 75.6 Å². The lowest BCUT2D eigenvalue weighted by atomic mass is 9.74. The van der Waals surface area contributed by atoms with Gasteiger partial charge in [0, 0.05) is 5.56 Å². The van der Waals surface area contributed by atoms with Gasteiger partial charge in [0.15, 0.2) is 0 Å². The van der Waals surface area contributed by atoms with Crippen LogP contribution in [-0.4, -0.2) is 22.5 Å². The van der Waals surface area contributed by atoms with Gasteiger partial charge in [-0.25, -0.2) is 0 Å². The van der Waals surface area contributed by atoms with Crippen LogP contribution < -0.4 is 10.1 Å². The maximum absolute atomic E-state index is 12.4. The Morgan fingerprint density at radius 2 is 1.72 bits per heavy atom. The van der Waals surface area contributed by atoms with Crippen LogP contribution in [0.1, 0.15) is 41.6 Å². The van der Waals surface area contributed by atoms with Crippen molar-refractivity contribution in [3.05, 3.63) is 65.7 Å². The second-order valence-electron chi connectivity index (χ2n) is 6.46. The minimum atomic E-state index is -0.885. The van der Waals surface area contributed by atoms with Crippen LogP contribution >= 0.6 is 0 Å². The number of carboxylic acid groups (broad SMARTS) is 1. The van der Waals surface area contributed by atoms with E-state index in [1.54, 1.807) is 24.3 Å². The second-order valence-corrected chi connectivity index (χ2v) is 6.46. The third-order valence-electron chi connectivity index (χ3n) is 4.54. The van der Waals surface area contributed by atoms with Crippen LogP contribution in [0.2, 0.25) is 0 Å². The molecule has 5 nitrogen and oxygen atoms in total.